The Hall–Kier alpha value is -1.85. The van der Waals surface area contributed by atoms with Gasteiger partial charge in [-0.25, -0.2) is 0 Å². The van der Waals surface area contributed by atoms with E-state index in [4.69, 9.17) is 9.47 Å². The second kappa shape index (κ2) is 10.2. The van der Waals surface area contributed by atoms with Crippen LogP contribution in [-0.2, 0) is 4.74 Å². The van der Waals surface area contributed by atoms with Gasteiger partial charge in [-0.2, -0.15) is 0 Å². The summed E-state index contributed by atoms with van der Waals surface area (Å²) in [4.78, 5) is 14.9. The van der Waals surface area contributed by atoms with Gasteiger partial charge in [0, 0.05) is 31.2 Å². The molecule has 1 amide bonds. The first-order valence-corrected chi connectivity index (χ1v) is 9.04. The molecule has 1 N–H and O–H groups in total. The van der Waals surface area contributed by atoms with Crippen LogP contribution in [0, 0.1) is 5.92 Å². The molecule has 138 valence electrons. The van der Waals surface area contributed by atoms with Crippen LogP contribution in [0.5, 0.6) is 5.75 Å². The number of benzene rings is 1. The van der Waals surface area contributed by atoms with Crippen molar-refractivity contribution in [1.29, 1.82) is 0 Å². The molecule has 5 heteroatoms. The topological polar surface area (TPSA) is 50.8 Å². The van der Waals surface area contributed by atoms with E-state index < -0.39 is 0 Å². The predicted octanol–water partition coefficient (Wildman–Crippen LogP) is 2.73. The van der Waals surface area contributed by atoms with Crippen molar-refractivity contribution in [2.45, 2.75) is 26.3 Å². The number of carbonyl (C=O) groups is 1. The van der Waals surface area contributed by atoms with Gasteiger partial charge in [-0.05, 0) is 36.6 Å². The lowest BCUT2D eigenvalue weighted by Crippen LogP contribution is -2.49. The third-order valence-electron chi connectivity index (χ3n) is 4.29. The molecule has 1 aromatic carbocycles. The van der Waals surface area contributed by atoms with Crippen molar-refractivity contribution in [3.8, 4) is 5.75 Å². The van der Waals surface area contributed by atoms with Crippen LogP contribution in [-0.4, -0.2) is 56.3 Å². The lowest BCUT2D eigenvalue weighted by atomic mass is 10.0. The second-order valence-electron chi connectivity index (χ2n) is 6.77. The fourth-order valence-corrected chi connectivity index (χ4v) is 3.02. The average molecular weight is 346 g/mol. The molecule has 0 saturated carbocycles. The molecule has 1 heterocycles. The zero-order valence-corrected chi connectivity index (χ0v) is 15.4. The Morgan fingerprint density at radius 2 is 2.00 bits per heavy atom. The van der Waals surface area contributed by atoms with Crippen LogP contribution in [0.3, 0.4) is 0 Å². The van der Waals surface area contributed by atoms with E-state index in [9.17, 15) is 4.79 Å². The summed E-state index contributed by atoms with van der Waals surface area (Å²) in [5.41, 5.74) is 0.649. The van der Waals surface area contributed by atoms with Crippen molar-refractivity contribution in [2.24, 2.45) is 5.92 Å². The standard InChI is InChI=1S/C20H30N2O3/c1-4-11-25-19-7-5-17(6-8-19)20(23)21-15-18(14-16(2)3)22-9-12-24-13-10-22/h4-8,16,18H,1,9-15H2,2-3H3,(H,21,23). The Bertz CT molecular complexity index is 536. The molecule has 0 bridgehead atoms. The van der Waals surface area contributed by atoms with Crippen molar-refractivity contribution in [1.82, 2.24) is 10.2 Å². The van der Waals surface area contributed by atoms with E-state index in [1.54, 1.807) is 18.2 Å². The zero-order chi connectivity index (χ0) is 18.1. The maximum Gasteiger partial charge on any atom is 0.251 e. The number of amides is 1. The molecular weight excluding hydrogens is 316 g/mol. The predicted molar refractivity (Wildman–Crippen MR) is 100 cm³/mol. The molecule has 1 aliphatic heterocycles. The van der Waals surface area contributed by atoms with Crippen LogP contribution in [0.15, 0.2) is 36.9 Å². The molecule has 1 fully saturated rings. The van der Waals surface area contributed by atoms with Gasteiger partial charge in [-0.15, -0.1) is 0 Å². The molecular formula is C20H30N2O3. The molecule has 1 aliphatic rings. The first-order valence-electron chi connectivity index (χ1n) is 9.04. The summed E-state index contributed by atoms with van der Waals surface area (Å²) in [5.74, 6) is 1.28. The minimum atomic E-state index is -0.0442. The summed E-state index contributed by atoms with van der Waals surface area (Å²) in [7, 11) is 0. The molecule has 1 aromatic rings. The third-order valence-corrected chi connectivity index (χ3v) is 4.29. The van der Waals surface area contributed by atoms with E-state index in [1.807, 2.05) is 12.1 Å². The number of rotatable bonds is 9. The molecule has 5 nitrogen and oxygen atoms in total. The summed E-state index contributed by atoms with van der Waals surface area (Å²) in [6, 6.07) is 7.56. The van der Waals surface area contributed by atoms with Crippen molar-refractivity contribution < 1.29 is 14.3 Å². The molecule has 1 unspecified atom stereocenters. The van der Waals surface area contributed by atoms with E-state index in [0.717, 1.165) is 38.5 Å². The normalized spacial score (nSPS) is 16.4. The van der Waals surface area contributed by atoms with Crippen LogP contribution >= 0.6 is 0 Å². The van der Waals surface area contributed by atoms with Crippen molar-refractivity contribution in [3.05, 3.63) is 42.5 Å². The summed E-state index contributed by atoms with van der Waals surface area (Å²) < 4.78 is 10.9. The highest BCUT2D eigenvalue weighted by atomic mass is 16.5. The van der Waals surface area contributed by atoms with E-state index >= 15 is 0 Å². The lowest BCUT2D eigenvalue weighted by molar-refractivity contribution is 0.0124. The highest BCUT2D eigenvalue weighted by Crippen LogP contribution is 2.14. The number of hydrogen-bond donors (Lipinski definition) is 1. The van der Waals surface area contributed by atoms with Gasteiger partial charge in [0.15, 0.2) is 0 Å². The molecule has 0 aliphatic carbocycles. The molecule has 25 heavy (non-hydrogen) atoms. The molecule has 0 radical (unpaired) electrons. The SMILES string of the molecule is C=CCOc1ccc(C(=O)NCC(CC(C)C)N2CCOCC2)cc1. The van der Waals surface area contributed by atoms with Gasteiger partial charge in [0.2, 0.25) is 0 Å². The quantitative estimate of drug-likeness (QED) is 0.699. The highest BCUT2D eigenvalue weighted by Gasteiger charge is 2.22. The second-order valence-corrected chi connectivity index (χ2v) is 6.77. The first-order chi connectivity index (χ1) is 12.1. The minimum absolute atomic E-state index is 0.0442. The van der Waals surface area contributed by atoms with Gasteiger partial charge in [0.1, 0.15) is 12.4 Å². The zero-order valence-electron chi connectivity index (χ0n) is 15.4. The van der Waals surface area contributed by atoms with E-state index in [-0.39, 0.29) is 5.91 Å². The van der Waals surface area contributed by atoms with Crippen molar-refractivity contribution in [2.75, 3.05) is 39.5 Å². The van der Waals surface area contributed by atoms with Crippen molar-refractivity contribution >= 4 is 5.91 Å². The number of carbonyl (C=O) groups excluding carboxylic acids is 1. The number of morpholine rings is 1. The van der Waals surface area contributed by atoms with Crippen LogP contribution in [0.2, 0.25) is 0 Å². The average Bonchev–Trinajstić information content (AvgIpc) is 2.64. The summed E-state index contributed by atoms with van der Waals surface area (Å²) in [6.45, 7) is 12.6. The highest BCUT2D eigenvalue weighted by molar-refractivity contribution is 5.94. The number of ether oxygens (including phenoxy) is 2. The smallest absolute Gasteiger partial charge is 0.251 e. The minimum Gasteiger partial charge on any atom is -0.490 e. The van der Waals surface area contributed by atoms with Crippen molar-refractivity contribution in [3.63, 3.8) is 0 Å². The van der Waals surface area contributed by atoms with E-state index in [0.29, 0.717) is 30.7 Å². The monoisotopic (exact) mass is 346 g/mol. The van der Waals surface area contributed by atoms with Gasteiger partial charge in [-0.3, -0.25) is 9.69 Å². The Kier molecular flexibility index (Phi) is 7.95. The molecule has 2 rings (SSSR count). The maximum absolute atomic E-state index is 12.4. The van der Waals surface area contributed by atoms with E-state index in [1.165, 1.54) is 0 Å². The molecule has 1 saturated heterocycles. The van der Waals surface area contributed by atoms with Crippen LogP contribution in [0.4, 0.5) is 0 Å². The largest absolute Gasteiger partial charge is 0.490 e. The molecule has 1 atom stereocenters. The van der Waals surface area contributed by atoms with Crippen LogP contribution in [0.25, 0.3) is 0 Å². The lowest BCUT2D eigenvalue weighted by Gasteiger charge is -2.35. The van der Waals surface area contributed by atoms with Crippen LogP contribution in [0.1, 0.15) is 30.6 Å². The summed E-state index contributed by atoms with van der Waals surface area (Å²) >= 11 is 0. The molecule has 0 aromatic heterocycles. The van der Waals surface area contributed by atoms with Gasteiger partial charge >= 0.3 is 0 Å². The Balaban J connectivity index is 1.89. The number of hydrogen-bond acceptors (Lipinski definition) is 4. The van der Waals surface area contributed by atoms with Gasteiger partial charge in [0.05, 0.1) is 13.2 Å². The summed E-state index contributed by atoms with van der Waals surface area (Å²) in [6.07, 6.45) is 2.76. The fourth-order valence-electron chi connectivity index (χ4n) is 3.02. The number of nitrogens with zero attached hydrogens (tertiary/aromatic N) is 1. The van der Waals surface area contributed by atoms with Gasteiger partial charge in [-0.1, -0.05) is 26.5 Å². The van der Waals surface area contributed by atoms with Crippen LogP contribution < -0.4 is 10.1 Å². The number of nitrogens with one attached hydrogen (secondary N) is 1. The Labute approximate surface area is 151 Å². The van der Waals surface area contributed by atoms with Gasteiger partial charge < -0.3 is 14.8 Å². The van der Waals surface area contributed by atoms with Gasteiger partial charge in [0.25, 0.3) is 5.91 Å². The summed E-state index contributed by atoms with van der Waals surface area (Å²) in [5, 5.41) is 3.09. The maximum atomic E-state index is 12.4. The first kappa shape index (κ1) is 19.5. The Morgan fingerprint density at radius 1 is 1.32 bits per heavy atom. The fraction of sp³-hybridized carbons (Fsp3) is 0.550. The third kappa shape index (κ3) is 6.52. The molecule has 0 spiro atoms. The Morgan fingerprint density at radius 3 is 2.60 bits per heavy atom. The van der Waals surface area contributed by atoms with E-state index in [2.05, 4.69) is 30.6 Å².